The summed E-state index contributed by atoms with van der Waals surface area (Å²) in [5, 5.41) is 3.24. The van der Waals surface area contributed by atoms with E-state index >= 15 is 0 Å². The summed E-state index contributed by atoms with van der Waals surface area (Å²) >= 11 is 5.96. The van der Waals surface area contributed by atoms with Crippen molar-refractivity contribution in [3.8, 4) is 5.75 Å². The highest BCUT2D eigenvalue weighted by Gasteiger charge is 2.09. The fourth-order valence-corrected chi connectivity index (χ4v) is 1.81. The number of anilines is 1. The fourth-order valence-electron chi connectivity index (χ4n) is 1.63. The Bertz CT molecular complexity index is 631. The molecule has 1 amide bonds. The fraction of sp³-hybridized carbons (Fsp3) is 0.133. The molecular weight excluding hydrogens is 281 g/mol. The zero-order valence-electron chi connectivity index (χ0n) is 10.8. The third-order valence-electron chi connectivity index (χ3n) is 2.74. The zero-order chi connectivity index (χ0) is 14.5. The highest BCUT2D eigenvalue weighted by Crippen LogP contribution is 2.23. The minimum absolute atomic E-state index is 0.0467. The minimum Gasteiger partial charge on any atom is -0.481 e. The molecular formula is C15H13ClFNO2. The lowest BCUT2D eigenvalue weighted by Gasteiger charge is -2.10. The van der Waals surface area contributed by atoms with E-state index in [1.807, 2.05) is 0 Å². The molecule has 0 saturated carbocycles. The van der Waals surface area contributed by atoms with E-state index in [0.29, 0.717) is 10.7 Å². The number of carbonyl (C=O) groups is 1. The monoisotopic (exact) mass is 293 g/mol. The standard InChI is InChI=1S/C15H13ClFNO2/c1-10-11(16)5-4-7-13(10)18-15(19)9-20-14-8-3-2-6-12(14)17/h2-8H,9H2,1H3,(H,18,19). The van der Waals surface area contributed by atoms with Crippen LogP contribution in [0.3, 0.4) is 0 Å². The number of carbonyl (C=O) groups excluding carboxylic acids is 1. The Balaban J connectivity index is 1.96. The lowest BCUT2D eigenvalue weighted by Crippen LogP contribution is -2.21. The van der Waals surface area contributed by atoms with Gasteiger partial charge in [0.1, 0.15) is 0 Å². The summed E-state index contributed by atoms with van der Waals surface area (Å²) < 4.78 is 18.4. The third kappa shape index (κ3) is 3.48. The van der Waals surface area contributed by atoms with Gasteiger partial charge in [-0.15, -0.1) is 0 Å². The van der Waals surface area contributed by atoms with E-state index in [0.717, 1.165) is 5.56 Å². The van der Waals surface area contributed by atoms with Crippen molar-refractivity contribution in [2.75, 3.05) is 11.9 Å². The van der Waals surface area contributed by atoms with E-state index < -0.39 is 5.82 Å². The summed E-state index contributed by atoms with van der Waals surface area (Å²) in [6.07, 6.45) is 0. The largest absolute Gasteiger partial charge is 0.481 e. The predicted molar refractivity (Wildman–Crippen MR) is 76.7 cm³/mol. The lowest BCUT2D eigenvalue weighted by molar-refractivity contribution is -0.118. The summed E-state index contributed by atoms with van der Waals surface area (Å²) in [7, 11) is 0. The maximum Gasteiger partial charge on any atom is 0.262 e. The van der Waals surface area contributed by atoms with Gasteiger partial charge in [-0.2, -0.15) is 0 Å². The highest BCUT2D eigenvalue weighted by molar-refractivity contribution is 6.31. The molecule has 0 heterocycles. The normalized spacial score (nSPS) is 10.2. The molecule has 0 aliphatic carbocycles. The molecule has 0 aliphatic heterocycles. The molecule has 0 bridgehead atoms. The van der Waals surface area contributed by atoms with Gasteiger partial charge in [-0.1, -0.05) is 29.8 Å². The average molecular weight is 294 g/mol. The van der Waals surface area contributed by atoms with Gasteiger partial charge in [-0.3, -0.25) is 4.79 Å². The number of hydrogen-bond acceptors (Lipinski definition) is 2. The number of amides is 1. The Kier molecular flexibility index (Phi) is 4.58. The number of para-hydroxylation sites is 1. The Hall–Kier alpha value is -2.07. The van der Waals surface area contributed by atoms with Crippen LogP contribution in [0.25, 0.3) is 0 Å². The van der Waals surface area contributed by atoms with Crippen LogP contribution < -0.4 is 10.1 Å². The number of rotatable bonds is 4. The molecule has 104 valence electrons. The minimum atomic E-state index is -0.501. The third-order valence-corrected chi connectivity index (χ3v) is 3.15. The van der Waals surface area contributed by atoms with E-state index in [1.54, 1.807) is 37.3 Å². The molecule has 0 radical (unpaired) electrons. The van der Waals surface area contributed by atoms with Crippen LogP contribution in [-0.4, -0.2) is 12.5 Å². The molecule has 5 heteroatoms. The van der Waals surface area contributed by atoms with Gasteiger partial charge >= 0.3 is 0 Å². The maximum atomic E-state index is 13.3. The van der Waals surface area contributed by atoms with Gasteiger partial charge in [0.25, 0.3) is 5.91 Å². The quantitative estimate of drug-likeness (QED) is 0.931. The smallest absolute Gasteiger partial charge is 0.262 e. The molecule has 2 aromatic rings. The Morgan fingerprint density at radius 3 is 2.75 bits per heavy atom. The van der Waals surface area contributed by atoms with Crippen LogP contribution in [0.1, 0.15) is 5.56 Å². The van der Waals surface area contributed by atoms with Crippen molar-refractivity contribution < 1.29 is 13.9 Å². The second-order valence-electron chi connectivity index (χ2n) is 4.18. The van der Waals surface area contributed by atoms with Crippen molar-refractivity contribution in [2.45, 2.75) is 6.92 Å². The van der Waals surface area contributed by atoms with E-state index in [1.165, 1.54) is 12.1 Å². The Morgan fingerprint density at radius 2 is 2.00 bits per heavy atom. The summed E-state index contributed by atoms with van der Waals surface area (Å²) in [6, 6.07) is 11.1. The van der Waals surface area contributed by atoms with Crippen LogP contribution >= 0.6 is 11.6 Å². The molecule has 0 fully saturated rings. The van der Waals surface area contributed by atoms with E-state index in [2.05, 4.69) is 5.32 Å². The van der Waals surface area contributed by atoms with Gasteiger partial charge < -0.3 is 10.1 Å². The molecule has 0 aliphatic rings. The molecule has 0 saturated heterocycles. The van der Waals surface area contributed by atoms with Crippen molar-refractivity contribution in [3.63, 3.8) is 0 Å². The van der Waals surface area contributed by atoms with Crippen molar-refractivity contribution in [3.05, 3.63) is 58.9 Å². The predicted octanol–water partition coefficient (Wildman–Crippen LogP) is 3.81. The van der Waals surface area contributed by atoms with Crippen LogP contribution in [0.2, 0.25) is 5.02 Å². The second kappa shape index (κ2) is 6.39. The summed E-state index contributed by atoms with van der Waals surface area (Å²) in [4.78, 5) is 11.8. The van der Waals surface area contributed by atoms with E-state index in [-0.39, 0.29) is 18.3 Å². The number of benzene rings is 2. The van der Waals surface area contributed by atoms with Crippen molar-refractivity contribution >= 4 is 23.2 Å². The molecule has 0 aromatic heterocycles. The van der Waals surface area contributed by atoms with Crippen molar-refractivity contribution in [1.29, 1.82) is 0 Å². The van der Waals surface area contributed by atoms with Crippen LogP contribution in [0.4, 0.5) is 10.1 Å². The van der Waals surface area contributed by atoms with Gasteiger partial charge in [0.2, 0.25) is 0 Å². The summed E-state index contributed by atoms with van der Waals surface area (Å²) in [5.41, 5.74) is 1.38. The molecule has 2 aromatic carbocycles. The Labute approximate surface area is 121 Å². The summed E-state index contributed by atoms with van der Waals surface area (Å²) in [5.74, 6) is -0.830. The van der Waals surface area contributed by atoms with E-state index in [4.69, 9.17) is 16.3 Å². The van der Waals surface area contributed by atoms with Gasteiger partial charge in [-0.05, 0) is 36.8 Å². The van der Waals surface area contributed by atoms with Gasteiger partial charge in [-0.25, -0.2) is 4.39 Å². The molecule has 0 spiro atoms. The molecule has 1 N–H and O–H groups in total. The van der Waals surface area contributed by atoms with Gasteiger partial charge in [0.05, 0.1) is 0 Å². The SMILES string of the molecule is Cc1c(Cl)cccc1NC(=O)COc1ccccc1F. The van der Waals surface area contributed by atoms with Gasteiger partial charge in [0.15, 0.2) is 18.2 Å². The van der Waals surface area contributed by atoms with Crippen LogP contribution in [0.15, 0.2) is 42.5 Å². The summed E-state index contributed by atoms with van der Waals surface area (Å²) in [6.45, 7) is 1.53. The van der Waals surface area contributed by atoms with Crippen LogP contribution in [-0.2, 0) is 4.79 Å². The first-order valence-corrected chi connectivity index (χ1v) is 6.38. The van der Waals surface area contributed by atoms with Crippen LogP contribution in [0.5, 0.6) is 5.75 Å². The number of halogens is 2. The average Bonchev–Trinajstić information content (AvgIpc) is 2.43. The number of ether oxygens (including phenoxy) is 1. The first-order chi connectivity index (χ1) is 9.58. The molecule has 3 nitrogen and oxygen atoms in total. The maximum absolute atomic E-state index is 13.3. The second-order valence-corrected chi connectivity index (χ2v) is 4.59. The Morgan fingerprint density at radius 1 is 1.25 bits per heavy atom. The van der Waals surface area contributed by atoms with Crippen molar-refractivity contribution in [1.82, 2.24) is 0 Å². The molecule has 20 heavy (non-hydrogen) atoms. The molecule has 0 atom stereocenters. The lowest BCUT2D eigenvalue weighted by atomic mass is 10.2. The number of nitrogens with one attached hydrogen (secondary N) is 1. The number of hydrogen-bond donors (Lipinski definition) is 1. The first kappa shape index (κ1) is 14.3. The highest BCUT2D eigenvalue weighted by atomic mass is 35.5. The van der Waals surface area contributed by atoms with E-state index in [9.17, 15) is 9.18 Å². The van der Waals surface area contributed by atoms with Gasteiger partial charge in [0, 0.05) is 10.7 Å². The topological polar surface area (TPSA) is 38.3 Å². The zero-order valence-corrected chi connectivity index (χ0v) is 11.6. The molecule has 2 rings (SSSR count). The van der Waals surface area contributed by atoms with Crippen molar-refractivity contribution in [2.24, 2.45) is 0 Å². The molecule has 0 unspecified atom stereocenters. The first-order valence-electron chi connectivity index (χ1n) is 6.00. The van der Waals surface area contributed by atoms with Crippen LogP contribution in [0, 0.1) is 12.7 Å².